The maximum Gasteiger partial charge on any atom is 0.319 e. The van der Waals surface area contributed by atoms with Gasteiger partial charge in [-0.1, -0.05) is 23.2 Å². The van der Waals surface area contributed by atoms with E-state index >= 15 is 0 Å². The number of urea groups is 1. The minimum atomic E-state index is -0.307. The van der Waals surface area contributed by atoms with E-state index in [4.69, 9.17) is 23.2 Å². The third-order valence-corrected chi connectivity index (χ3v) is 4.68. The number of carbonyl (C=O) groups excluding carboxylic acids is 1. The second kappa shape index (κ2) is 7.70. The Balaban J connectivity index is 1.47. The third-order valence-electron chi connectivity index (χ3n) is 3.26. The van der Waals surface area contributed by atoms with Gasteiger partial charge in [0.2, 0.25) is 0 Å². The molecule has 8 heteroatoms. The number of thiophene rings is 1. The number of aromatic nitrogens is 2. The molecule has 2 N–H and O–H groups in total. The first-order valence-corrected chi connectivity index (χ1v) is 8.87. The average Bonchev–Trinajstić information content (AvgIpc) is 3.22. The fourth-order valence-corrected chi connectivity index (χ4v) is 3.03. The summed E-state index contributed by atoms with van der Waals surface area (Å²) in [6, 6.07) is 8.60. The van der Waals surface area contributed by atoms with Gasteiger partial charge in [-0.3, -0.25) is 4.68 Å². The Hall–Kier alpha value is -2.02. The van der Waals surface area contributed by atoms with Crippen molar-refractivity contribution in [2.24, 2.45) is 0 Å². The highest BCUT2D eigenvalue weighted by Crippen LogP contribution is 2.24. The maximum absolute atomic E-state index is 11.9. The highest BCUT2D eigenvalue weighted by molar-refractivity contribution is 7.08. The molecule has 0 aliphatic rings. The molecule has 5 nitrogen and oxygen atoms in total. The predicted octanol–water partition coefficient (Wildman–Crippen LogP) is 4.74. The lowest BCUT2D eigenvalue weighted by molar-refractivity contribution is 0.251. The standard InChI is InChI=1S/C16H14Cl2N4OS/c17-13-2-1-12(9-14(13)18)20-16(23)19-5-7-22-6-3-15(21-22)11-4-8-24-10-11/h1-4,6,8-10H,5,7H2,(H2,19,20,23). The number of rotatable bonds is 5. The largest absolute Gasteiger partial charge is 0.336 e. The van der Waals surface area contributed by atoms with Crippen LogP contribution in [-0.2, 0) is 6.54 Å². The monoisotopic (exact) mass is 380 g/mol. The topological polar surface area (TPSA) is 59.0 Å². The second-order valence-electron chi connectivity index (χ2n) is 4.99. The predicted molar refractivity (Wildman–Crippen MR) is 99.0 cm³/mol. The number of carbonyl (C=O) groups is 1. The maximum atomic E-state index is 11.9. The molecule has 2 heterocycles. The van der Waals surface area contributed by atoms with E-state index in [2.05, 4.69) is 21.1 Å². The zero-order valence-corrected chi connectivity index (χ0v) is 14.8. The fraction of sp³-hybridized carbons (Fsp3) is 0.125. The lowest BCUT2D eigenvalue weighted by Gasteiger charge is -2.08. The Kier molecular flexibility index (Phi) is 5.40. The van der Waals surface area contributed by atoms with Crippen LogP contribution in [0.4, 0.5) is 10.5 Å². The summed E-state index contributed by atoms with van der Waals surface area (Å²) in [6.07, 6.45) is 1.89. The van der Waals surface area contributed by atoms with Crippen LogP contribution in [0, 0.1) is 0 Å². The Labute approximate surface area is 153 Å². The van der Waals surface area contributed by atoms with Crippen LogP contribution in [0.2, 0.25) is 10.0 Å². The van der Waals surface area contributed by atoms with Crippen molar-refractivity contribution >= 4 is 46.3 Å². The number of anilines is 1. The first kappa shape index (κ1) is 16.8. The van der Waals surface area contributed by atoms with Crippen molar-refractivity contribution in [2.45, 2.75) is 6.54 Å². The van der Waals surface area contributed by atoms with Gasteiger partial charge in [0.05, 0.1) is 22.3 Å². The minimum Gasteiger partial charge on any atom is -0.336 e. The summed E-state index contributed by atoms with van der Waals surface area (Å²) >= 11 is 13.4. The molecule has 0 spiro atoms. The number of hydrogen-bond donors (Lipinski definition) is 2. The van der Waals surface area contributed by atoms with Crippen LogP contribution in [-0.4, -0.2) is 22.4 Å². The first-order valence-electron chi connectivity index (χ1n) is 7.18. The van der Waals surface area contributed by atoms with E-state index in [1.54, 1.807) is 34.2 Å². The molecule has 3 rings (SSSR count). The molecule has 0 aliphatic heterocycles. The normalized spacial score (nSPS) is 10.6. The summed E-state index contributed by atoms with van der Waals surface area (Å²) < 4.78 is 1.80. The van der Waals surface area contributed by atoms with Crippen molar-refractivity contribution in [1.82, 2.24) is 15.1 Å². The zero-order valence-electron chi connectivity index (χ0n) is 12.5. The highest BCUT2D eigenvalue weighted by atomic mass is 35.5. The second-order valence-corrected chi connectivity index (χ2v) is 6.58. The number of amides is 2. The molecular formula is C16H14Cl2N4OS. The average molecular weight is 381 g/mol. The molecule has 0 fully saturated rings. The van der Waals surface area contributed by atoms with Crippen LogP contribution < -0.4 is 10.6 Å². The Bertz CT molecular complexity index is 832. The molecule has 0 atom stereocenters. The van der Waals surface area contributed by atoms with Crippen LogP contribution in [0.15, 0.2) is 47.3 Å². The third kappa shape index (κ3) is 4.29. The number of nitrogens with zero attached hydrogens (tertiary/aromatic N) is 2. The van der Waals surface area contributed by atoms with E-state index in [1.807, 2.05) is 23.7 Å². The summed E-state index contributed by atoms with van der Waals surface area (Å²) in [5, 5.41) is 14.9. The summed E-state index contributed by atoms with van der Waals surface area (Å²) in [6.45, 7) is 1.04. The van der Waals surface area contributed by atoms with Gasteiger partial charge in [-0.15, -0.1) is 0 Å². The van der Waals surface area contributed by atoms with Crippen molar-refractivity contribution in [3.8, 4) is 11.3 Å². The molecule has 124 valence electrons. The lowest BCUT2D eigenvalue weighted by atomic mass is 10.2. The summed E-state index contributed by atoms with van der Waals surface area (Å²) in [7, 11) is 0. The van der Waals surface area contributed by atoms with Gasteiger partial charge < -0.3 is 10.6 Å². The van der Waals surface area contributed by atoms with E-state index in [0.717, 1.165) is 11.3 Å². The van der Waals surface area contributed by atoms with E-state index < -0.39 is 0 Å². The first-order chi connectivity index (χ1) is 11.6. The van der Waals surface area contributed by atoms with Gasteiger partial charge in [0.25, 0.3) is 0 Å². The Morgan fingerprint density at radius 1 is 1.21 bits per heavy atom. The van der Waals surface area contributed by atoms with Gasteiger partial charge in [-0.05, 0) is 35.7 Å². The van der Waals surface area contributed by atoms with Crippen LogP contribution >= 0.6 is 34.5 Å². The van der Waals surface area contributed by atoms with E-state index in [1.165, 1.54) is 0 Å². The van der Waals surface area contributed by atoms with E-state index in [0.29, 0.717) is 28.8 Å². The molecule has 3 aromatic rings. The van der Waals surface area contributed by atoms with Crippen molar-refractivity contribution in [3.63, 3.8) is 0 Å². The Morgan fingerprint density at radius 2 is 2.08 bits per heavy atom. The van der Waals surface area contributed by atoms with Gasteiger partial charge >= 0.3 is 6.03 Å². The number of hydrogen-bond acceptors (Lipinski definition) is 3. The molecule has 2 aromatic heterocycles. The quantitative estimate of drug-likeness (QED) is 0.671. The molecule has 0 unspecified atom stereocenters. The highest BCUT2D eigenvalue weighted by Gasteiger charge is 2.05. The SMILES string of the molecule is O=C(NCCn1ccc(-c2ccsc2)n1)Nc1ccc(Cl)c(Cl)c1. The van der Waals surface area contributed by atoms with Crippen LogP contribution in [0.1, 0.15) is 0 Å². The molecule has 0 saturated heterocycles. The van der Waals surface area contributed by atoms with Crippen molar-refractivity contribution in [1.29, 1.82) is 0 Å². The van der Waals surface area contributed by atoms with Crippen molar-refractivity contribution in [3.05, 3.63) is 57.3 Å². The number of benzene rings is 1. The van der Waals surface area contributed by atoms with E-state index in [-0.39, 0.29) is 6.03 Å². The fourth-order valence-electron chi connectivity index (χ4n) is 2.08. The smallest absolute Gasteiger partial charge is 0.319 e. The summed E-state index contributed by atoms with van der Waals surface area (Å²) in [4.78, 5) is 11.9. The van der Waals surface area contributed by atoms with Crippen molar-refractivity contribution in [2.75, 3.05) is 11.9 Å². The molecular weight excluding hydrogens is 367 g/mol. The van der Waals surface area contributed by atoms with Gasteiger partial charge in [-0.25, -0.2) is 4.79 Å². The lowest BCUT2D eigenvalue weighted by Crippen LogP contribution is -2.31. The van der Waals surface area contributed by atoms with Gasteiger partial charge in [0.15, 0.2) is 0 Å². The molecule has 0 radical (unpaired) electrons. The zero-order chi connectivity index (χ0) is 16.9. The molecule has 0 bridgehead atoms. The van der Waals surface area contributed by atoms with Gasteiger partial charge in [0.1, 0.15) is 0 Å². The summed E-state index contributed by atoms with van der Waals surface area (Å²) in [5.74, 6) is 0. The van der Waals surface area contributed by atoms with Crippen LogP contribution in [0.5, 0.6) is 0 Å². The molecule has 0 aliphatic carbocycles. The van der Waals surface area contributed by atoms with Crippen LogP contribution in [0.3, 0.4) is 0 Å². The van der Waals surface area contributed by atoms with Crippen LogP contribution in [0.25, 0.3) is 11.3 Å². The number of halogens is 2. The van der Waals surface area contributed by atoms with E-state index in [9.17, 15) is 4.79 Å². The molecule has 0 saturated carbocycles. The molecule has 24 heavy (non-hydrogen) atoms. The molecule has 2 amide bonds. The van der Waals surface area contributed by atoms with Gasteiger partial charge in [-0.2, -0.15) is 16.4 Å². The van der Waals surface area contributed by atoms with Gasteiger partial charge in [0, 0.05) is 29.4 Å². The minimum absolute atomic E-state index is 0.307. The van der Waals surface area contributed by atoms with Crippen molar-refractivity contribution < 1.29 is 4.79 Å². The molecule has 1 aromatic carbocycles. The Morgan fingerprint density at radius 3 is 2.83 bits per heavy atom. The number of nitrogens with one attached hydrogen (secondary N) is 2. The summed E-state index contributed by atoms with van der Waals surface area (Å²) in [5.41, 5.74) is 2.61.